The Morgan fingerprint density at radius 3 is 2.33 bits per heavy atom. The van der Waals surface area contributed by atoms with Crippen LogP contribution >= 0.6 is 11.6 Å². The highest BCUT2D eigenvalue weighted by atomic mass is 35.5. The van der Waals surface area contributed by atoms with E-state index in [-0.39, 0.29) is 5.75 Å². The van der Waals surface area contributed by atoms with Crippen molar-refractivity contribution in [3.63, 3.8) is 0 Å². The Labute approximate surface area is 114 Å². The Hall–Kier alpha value is -0.740. The van der Waals surface area contributed by atoms with E-state index in [9.17, 15) is 8.42 Å². The number of hydrogen-bond donors (Lipinski definition) is 0. The summed E-state index contributed by atoms with van der Waals surface area (Å²) in [7, 11) is -1.64. The Morgan fingerprint density at radius 2 is 1.83 bits per heavy atom. The summed E-state index contributed by atoms with van der Waals surface area (Å²) in [5.74, 6) is 1.72. The van der Waals surface area contributed by atoms with Crippen LogP contribution in [0.4, 0.5) is 0 Å². The van der Waals surface area contributed by atoms with Gasteiger partial charge in [-0.3, -0.25) is 0 Å². The fourth-order valence-corrected chi connectivity index (χ4v) is 3.46. The summed E-state index contributed by atoms with van der Waals surface area (Å²) in [4.78, 5) is 0.348. The smallest absolute Gasteiger partial charge is 0.178 e. The van der Waals surface area contributed by atoms with Crippen LogP contribution in [-0.2, 0) is 9.84 Å². The predicted octanol–water partition coefficient (Wildman–Crippen LogP) is 3.12. The average molecular weight is 291 g/mol. The molecule has 0 saturated heterocycles. The van der Waals surface area contributed by atoms with Crippen molar-refractivity contribution in [3.05, 3.63) is 24.3 Å². The van der Waals surface area contributed by atoms with E-state index < -0.39 is 9.84 Å². The molecule has 5 heteroatoms. The zero-order chi connectivity index (χ0) is 13.6. The summed E-state index contributed by atoms with van der Waals surface area (Å²) < 4.78 is 29.1. The largest absolute Gasteiger partial charge is 0.497 e. The van der Waals surface area contributed by atoms with Crippen LogP contribution in [0, 0.1) is 5.92 Å². The minimum absolute atomic E-state index is 0.164. The first-order chi connectivity index (χ1) is 8.49. The van der Waals surface area contributed by atoms with Crippen LogP contribution in [0.1, 0.15) is 19.8 Å². The van der Waals surface area contributed by atoms with Crippen LogP contribution in [0.3, 0.4) is 0 Å². The van der Waals surface area contributed by atoms with Crippen molar-refractivity contribution in [2.45, 2.75) is 24.7 Å². The highest BCUT2D eigenvalue weighted by Crippen LogP contribution is 2.19. The van der Waals surface area contributed by atoms with Crippen molar-refractivity contribution in [1.29, 1.82) is 0 Å². The van der Waals surface area contributed by atoms with E-state index in [0.29, 0.717) is 28.9 Å². The fraction of sp³-hybridized carbons (Fsp3) is 0.538. The molecule has 1 unspecified atom stereocenters. The topological polar surface area (TPSA) is 43.4 Å². The molecule has 0 aliphatic rings. The molecule has 18 heavy (non-hydrogen) atoms. The van der Waals surface area contributed by atoms with Crippen LogP contribution in [0.5, 0.6) is 5.75 Å². The number of ether oxygens (including phenoxy) is 1. The summed E-state index contributed by atoms with van der Waals surface area (Å²) in [6.45, 7) is 2.02. The summed E-state index contributed by atoms with van der Waals surface area (Å²) in [5, 5.41) is 0. The molecule has 1 atom stereocenters. The lowest BCUT2D eigenvalue weighted by atomic mass is 10.1. The molecular formula is C13H19ClO3S. The van der Waals surface area contributed by atoms with Gasteiger partial charge in [0.2, 0.25) is 0 Å². The minimum atomic E-state index is -3.20. The second-order valence-corrected chi connectivity index (χ2v) is 6.85. The first-order valence-corrected chi connectivity index (χ1v) is 8.11. The van der Waals surface area contributed by atoms with E-state index in [0.717, 1.165) is 6.42 Å². The maximum absolute atomic E-state index is 12.1. The van der Waals surface area contributed by atoms with E-state index in [2.05, 4.69) is 0 Å². The Balaban J connectivity index is 2.67. The van der Waals surface area contributed by atoms with Crippen LogP contribution in [-0.4, -0.2) is 27.2 Å². The maximum Gasteiger partial charge on any atom is 0.178 e. The zero-order valence-electron chi connectivity index (χ0n) is 10.7. The third-order valence-electron chi connectivity index (χ3n) is 2.90. The lowest BCUT2D eigenvalue weighted by Gasteiger charge is -2.10. The van der Waals surface area contributed by atoms with E-state index >= 15 is 0 Å². The molecule has 0 amide bonds. The van der Waals surface area contributed by atoms with Crippen LogP contribution < -0.4 is 4.74 Å². The van der Waals surface area contributed by atoms with Crippen LogP contribution in [0.15, 0.2) is 29.2 Å². The number of methoxy groups -OCH3 is 1. The molecule has 1 aromatic carbocycles. The molecule has 0 N–H and O–H groups in total. The molecule has 1 aromatic rings. The van der Waals surface area contributed by atoms with Crippen molar-refractivity contribution < 1.29 is 13.2 Å². The second kappa shape index (κ2) is 7.00. The first kappa shape index (κ1) is 15.3. The Bertz CT molecular complexity index is 454. The number of hydrogen-bond acceptors (Lipinski definition) is 3. The Kier molecular flexibility index (Phi) is 5.96. The number of rotatable bonds is 7. The zero-order valence-corrected chi connectivity index (χ0v) is 12.3. The summed E-state index contributed by atoms with van der Waals surface area (Å²) in [6, 6.07) is 6.49. The van der Waals surface area contributed by atoms with E-state index in [4.69, 9.17) is 16.3 Å². The highest BCUT2D eigenvalue weighted by Gasteiger charge is 2.15. The van der Waals surface area contributed by atoms with Gasteiger partial charge >= 0.3 is 0 Å². The molecule has 0 saturated carbocycles. The van der Waals surface area contributed by atoms with Gasteiger partial charge in [0.05, 0.1) is 17.8 Å². The van der Waals surface area contributed by atoms with E-state index in [1.807, 2.05) is 6.92 Å². The normalized spacial score (nSPS) is 13.3. The number of sulfone groups is 1. The molecule has 0 bridgehead atoms. The van der Waals surface area contributed by atoms with Crippen LogP contribution in [0.2, 0.25) is 0 Å². The monoisotopic (exact) mass is 290 g/mol. The number of benzene rings is 1. The first-order valence-electron chi connectivity index (χ1n) is 5.92. The van der Waals surface area contributed by atoms with Crippen molar-refractivity contribution in [2.24, 2.45) is 5.92 Å². The van der Waals surface area contributed by atoms with Gasteiger partial charge in [-0.05, 0) is 43.0 Å². The fourth-order valence-electron chi connectivity index (χ4n) is 1.59. The van der Waals surface area contributed by atoms with Gasteiger partial charge in [0.15, 0.2) is 9.84 Å². The van der Waals surface area contributed by atoms with Crippen molar-refractivity contribution in [2.75, 3.05) is 18.7 Å². The molecule has 0 heterocycles. The third kappa shape index (κ3) is 4.50. The summed E-state index contributed by atoms with van der Waals surface area (Å²) in [6.07, 6.45) is 1.49. The number of halogens is 1. The van der Waals surface area contributed by atoms with Gasteiger partial charge in [0, 0.05) is 5.88 Å². The van der Waals surface area contributed by atoms with Gasteiger partial charge in [-0.25, -0.2) is 8.42 Å². The molecule has 0 aliphatic heterocycles. The Morgan fingerprint density at radius 1 is 1.22 bits per heavy atom. The van der Waals surface area contributed by atoms with Gasteiger partial charge in [-0.15, -0.1) is 11.6 Å². The lowest BCUT2D eigenvalue weighted by molar-refractivity contribution is 0.414. The van der Waals surface area contributed by atoms with Gasteiger partial charge in [0.1, 0.15) is 5.75 Å². The third-order valence-corrected chi connectivity index (χ3v) is 4.88. The number of alkyl halides is 1. The van der Waals surface area contributed by atoms with Crippen molar-refractivity contribution >= 4 is 21.4 Å². The SMILES string of the molecule is COc1ccc(S(=O)(=O)CCC(C)CCCl)cc1. The molecule has 0 spiro atoms. The van der Waals surface area contributed by atoms with Gasteiger partial charge in [0.25, 0.3) is 0 Å². The van der Waals surface area contributed by atoms with Gasteiger partial charge in [-0.2, -0.15) is 0 Å². The van der Waals surface area contributed by atoms with Gasteiger partial charge < -0.3 is 4.74 Å². The van der Waals surface area contributed by atoms with Crippen LogP contribution in [0.25, 0.3) is 0 Å². The molecular weight excluding hydrogens is 272 g/mol. The molecule has 3 nitrogen and oxygen atoms in total. The molecule has 0 radical (unpaired) electrons. The quantitative estimate of drug-likeness (QED) is 0.725. The second-order valence-electron chi connectivity index (χ2n) is 4.37. The standard InChI is InChI=1S/C13H19ClO3S/c1-11(7-9-14)8-10-18(15,16)13-5-3-12(17-2)4-6-13/h3-6,11H,7-10H2,1-2H3. The summed E-state index contributed by atoms with van der Waals surface area (Å²) in [5.41, 5.74) is 0. The molecule has 0 aromatic heterocycles. The van der Waals surface area contributed by atoms with Gasteiger partial charge in [-0.1, -0.05) is 6.92 Å². The molecule has 1 rings (SSSR count). The molecule has 0 aliphatic carbocycles. The minimum Gasteiger partial charge on any atom is -0.497 e. The highest BCUT2D eigenvalue weighted by molar-refractivity contribution is 7.91. The summed E-state index contributed by atoms with van der Waals surface area (Å²) >= 11 is 5.63. The molecule has 0 fully saturated rings. The average Bonchev–Trinajstić information content (AvgIpc) is 2.37. The lowest BCUT2D eigenvalue weighted by Crippen LogP contribution is -2.10. The molecule has 102 valence electrons. The van der Waals surface area contributed by atoms with Crippen molar-refractivity contribution in [1.82, 2.24) is 0 Å². The van der Waals surface area contributed by atoms with Crippen molar-refractivity contribution in [3.8, 4) is 5.75 Å². The predicted molar refractivity (Wildman–Crippen MR) is 74.2 cm³/mol. The van der Waals surface area contributed by atoms with E-state index in [1.165, 1.54) is 0 Å². The maximum atomic E-state index is 12.1. The van der Waals surface area contributed by atoms with E-state index in [1.54, 1.807) is 31.4 Å².